The molecule has 0 radical (unpaired) electrons. The van der Waals surface area contributed by atoms with Gasteiger partial charge in [-0.25, -0.2) is 0 Å². The van der Waals surface area contributed by atoms with E-state index in [1.165, 1.54) is 26.4 Å². The van der Waals surface area contributed by atoms with Crippen LogP contribution in [0, 0.1) is 0 Å². The summed E-state index contributed by atoms with van der Waals surface area (Å²) in [5, 5.41) is 22.0. The van der Waals surface area contributed by atoms with Crippen LogP contribution < -0.4 is 14.8 Å². The topological polar surface area (TPSA) is 108 Å². The van der Waals surface area contributed by atoms with Gasteiger partial charge in [-0.3, -0.25) is 9.59 Å². The van der Waals surface area contributed by atoms with Gasteiger partial charge in [0, 0.05) is 30.8 Å². The Bertz CT molecular complexity index is 864. The summed E-state index contributed by atoms with van der Waals surface area (Å²) >= 11 is 0. The second kappa shape index (κ2) is 8.72. The lowest BCUT2D eigenvalue weighted by Gasteiger charge is -2.33. The summed E-state index contributed by atoms with van der Waals surface area (Å²) in [7, 11) is 3.01. The van der Waals surface area contributed by atoms with Crippen molar-refractivity contribution in [3.63, 3.8) is 0 Å². The maximum absolute atomic E-state index is 13.0. The second-order valence-electron chi connectivity index (χ2n) is 6.82. The molecule has 1 fully saturated rings. The van der Waals surface area contributed by atoms with Crippen molar-refractivity contribution < 1.29 is 29.3 Å². The van der Waals surface area contributed by atoms with Gasteiger partial charge in [0.05, 0.1) is 14.2 Å². The van der Waals surface area contributed by atoms with Crippen molar-refractivity contribution in [3.8, 4) is 23.0 Å². The maximum atomic E-state index is 13.0. The van der Waals surface area contributed by atoms with Gasteiger partial charge in [0.15, 0.2) is 0 Å². The molecule has 0 aliphatic carbocycles. The first-order valence-corrected chi connectivity index (χ1v) is 9.27. The van der Waals surface area contributed by atoms with Gasteiger partial charge in [0.25, 0.3) is 11.8 Å². The number of likely N-dealkylation sites (tertiary alicyclic amines) is 1. The van der Waals surface area contributed by atoms with E-state index in [4.69, 9.17) is 9.47 Å². The molecule has 0 saturated carbocycles. The molecule has 0 atom stereocenters. The van der Waals surface area contributed by atoms with Gasteiger partial charge in [-0.2, -0.15) is 0 Å². The van der Waals surface area contributed by atoms with E-state index in [0.717, 1.165) is 6.07 Å². The summed E-state index contributed by atoms with van der Waals surface area (Å²) < 4.78 is 10.6. The minimum absolute atomic E-state index is 0.115. The number of carbonyl (C=O) groups is 2. The molecule has 1 saturated heterocycles. The highest BCUT2D eigenvalue weighted by molar-refractivity contribution is 6.00. The molecule has 0 unspecified atom stereocenters. The number of carbonyl (C=O) groups excluding carboxylic acids is 2. The third-order valence-electron chi connectivity index (χ3n) is 4.92. The van der Waals surface area contributed by atoms with E-state index in [1.807, 2.05) is 0 Å². The predicted octanol–water partition coefficient (Wildman–Crippen LogP) is 2.15. The molecule has 8 heteroatoms. The number of piperidine rings is 1. The number of nitrogens with one attached hydrogen (secondary N) is 1. The van der Waals surface area contributed by atoms with Crippen molar-refractivity contribution in [2.45, 2.75) is 18.9 Å². The highest BCUT2D eigenvalue weighted by atomic mass is 16.5. The van der Waals surface area contributed by atoms with Crippen molar-refractivity contribution in [2.24, 2.45) is 0 Å². The molecule has 1 aliphatic rings. The third-order valence-corrected chi connectivity index (χ3v) is 4.92. The minimum atomic E-state index is -0.382. The molecule has 0 bridgehead atoms. The number of hydrogen-bond donors (Lipinski definition) is 3. The van der Waals surface area contributed by atoms with Gasteiger partial charge in [-0.15, -0.1) is 0 Å². The lowest BCUT2D eigenvalue weighted by molar-refractivity contribution is 0.0691. The Morgan fingerprint density at radius 3 is 2.07 bits per heavy atom. The van der Waals surface area contributed by atoms with Gasteiger partial charge in [-0.05, 0) is 37.1 Å². The zero-order valence-electron chi connectivity index (χ0n) is 16.3. The number of benzene rings is 2. The summed E-state index contributed by atoms with van der Waals surface area (Å²) in [5.74, 6) is -0.0149. The molecular formula is C21H24N2O6. The first kappa shape index (κ1) is 20.3. The quantitative estimate of drug-likeness (QED) is 0.710. The van der Waals surface area contributed by atoms with E-state index in [-0.39, 0.29) is 34.9 Å². The van der Waals surface area contributed by atoms with Crippen LogP contribution in [0.25, 0.3) is 0 Å². The number of amides is 2. The molecule has 1 aliphatic heterocycles. The smallest absolute Gasteiger partial charge is 0.261 e. The Balaban J connectivity index is 1.63. The SMILES string of the molecule is COc1cccc(OC)c1C(=O)N1CCC(NC(=O)c2cc(O)cc(O)c2)CC1. The third kappa shape index (κ3) is 4.53. The number of aromatic hydroxyl groups is 2. The average Bonchev–Trinajstić information content (AvgIpc) is 2.72. The molecule has 2 aromatic rings. The Hall–Kier alpha value is -3.42. The average molecular weight is 400 g/mol. The van der Waals surface area contributed by atoms with Crippen LogP contribution in [-0.2, 0) is 0 Å². The Kier molecular flexibility index (Phi) is 6.11. The molecule has 1 heterocycles. The summed E-state index contributed by atoms with van der Waals surface area (Å²) in [5.41, 5.74) is 0.565. The number of ether oxygens (including phenoxy) is 2. The van der Waals surface area contributed by atoms with Gasteiger partial charge in [0.1, 0.15) is 28.6 Å². The fourth-order valence-electron chi connectivity index (χ4n) is 3.44. The molecule has 2 amide bonds. The molecule has 8 nitrogen and oxygen atoms in total. The normalized spacial score (nSPS) is 14.3. The van der Waals surface area contributed by atoms with Crippen molar-refractivity contribution in [1.82, 2.24) is 10.2 Å². The van der Waals surface area contributed by atoms with Crippen LogP contribution in [0.1, 0.15) is 33.6 Å². The van der Waals surface area contributed by atoms with E-state index < -0.39 is 0 Å². The summed E-state index contributed by atoms with van der Waals surface area (Å²) in [4.78, 5) is 27.1. The highest BCUT2D eigenvalue weighted by Gasteiger charge is 2.28. The number of phenols is 2. The fraction of sp³-hybridized carbons (Fsp3) is 0.333. The van der Waals surface area contributed by atoms with Crippen LogP contribution in [0.3, 0.4) is 0 Å². The van der Waals surface area contributed by atoms with Gasteiger partial charge < -0.3 is 29.9 Å². The first-order valence-electron chi connectivity index (χ1n) is 9.27. The monoisotopic (exact) mass is 400 g/mol. The summed E-state index contributed by atoms with van der Waals surface area (Å²) in [6.07, 6.45) is 1.17. The predicted molar refractivity (Wildman–Crippen MR) is 106 cm³/mol. The van der Waals surface area contributed by atoms with E-state index >= 15 is 0 Å². The molecule has 3 rings (SSSR count). The zero-order valence-corrected chi connectivity index (χ0v) is 16.3. The van der Waals surface area contributed by atoms with Gasteiger partial charge in [0.2, 0.25) is 0 Å². The number of rotatable bonds is 5. The Morgan fingerprint density at radius 2 is 1.55 bits per heavy atom. The fourth-order valence-corrected chi connectivity index (χ4v) is 3.44. The number of phenolic OH excluding ortho intramolecular Hbond substituents is 2. The van der Waals surface area contributed by atoms with Gasteiger partial charge in [-0.1, -0.05) is 6.07 Å². The molecule has 29 heavy (non-hydrogen) atoms. The van der Waals surface area contributed by atoms with E-state index in [0.29, 0.717) is 43.0 Å². The largest absolute Gasteiger partial charge is 0.508 e. The van der Waals surface area contributed by atoms with E-state index in [2.05, 4.69) is 5.32 Å². The van der Waals surface area contributed by atoms with E-state index in [1.54, 1.807) is 23.1 Å². The molecule has 3 N–H and O–H groups in total. The molecule has 0 spiro atoms. The molecule has 154 valence electrons. The number of nitrogens with zero attached hydrogens (tertiary/aromatic N) is 1. The minimum Gasteiger partial charge on any atom is -0.508 e. The molecule has 0 aromatic heterocycles. The number of methoxy groups -OCH3 is 2. The number of hydrogen-bond acceptors (Lipinski definition) is 6. The standard InChI is InChI=1S/C21H24N2O6/c1-28-17-4-3-5-18(29-2)19(17)21(27)23-8-6-14(7-9-23)22-20(26)13-10-15(24)12-16(25)11-13/h3-5,10-12,14,24-25H,6-9H2,1-2H3,(H,22,26). The maximum Gasteiger partial charge on any atom is 0.261 e. The highest BCUT2D eigenvalue weighted by Crippen LogP contribution is 2.30. The first-order chi connectivity index (χ1) is 13.9. The summed E-state index contributed by atoms with van der Waals surface area (Å²) in [6, 6.07) is 8.82. The Morgan fingerprint density at radius 1 is 1.00 bits per heavy atom. The van der Waals surface area contributed by atoms with Crippen LogP contribution in [0.4, 0.5) is 0 Å². The van der Waals surface area contributed by atoms with Crippen molar-refractivity contribution in [1.29, 1.82) is 0 Å². The second-order valence-corrected chi connectivity index (χ2v) is 6.82. The van der Waals surface area contributed by atoms with Crippen molar-refractivity contribution in [2.75, 3.05) is 27.3 Å². The molecule has 2 aromatic carbocycles. The van der Waals surface area contributed by atoms with Crippen LogP contribution >= 0.6 is 0 Å². The van der Waals surface area contributed by atoms with Crippen LogP contribution in [0.2, 0.25) is 0 Å². The molecular weight excluding hydrogens is 376 g/mol. The van der Waals surface area contributed by atoms with Crippen molar-refractivity contribution in [3.05, 3.63) is 47.5 Å². The van der Waals surface area contributed by atoms with Gasteiger partial charge >= 0.3 is 0 Å². The van der Waals surface area contributed by atoms with Crippen molar-refractivity contribution >= 4 is 11.8 Å². The van der Waals surface area contributed by atoms with Crippen LogP contribution in [0.5, 0.6) is 23.0 Å². The van der Waals surface area contributed by atoms with E-state index in [9.17, 15) is 19.8 Å². The Labute approximate surface area is 168 Å². The zero-order chi connectivity index (χ0) is 21.0. The lowest BCUT2D eigenvalue weighted by Crippen LogP contribution is -2.46. The summed E-state index contributed by atoms with van der Waals surface area (Å²) in [6.45, 7) is 0.937. The van der Waals surface area contributed by atoms with Crippen LogP contribution in [0.15, 0.2) is 36.4 Å². The lowest BCUT2D eigenvalue weighted by atomic mass is 10.0. The van der Waals surface area contributed by atoms with Crippen LogP contribution in [-0.4, -0.2) is 60.3 Å².